The molecule has 162 valence electrons. The topological polar surface area (TPSA) is 99.5 Å². The molecule has 1 unspecified atom stereocenters. The molecule has 0 bridgehead atoms. The molecule has 1 fully saturated rings. The van der Waals surface area contributed by atoms with Gasteiger partial charge >= 0.3 is 6.03 Å². The summed E-state index contributed by atoms with van der Waals surface area (Å²) in [6, 6.07) is 19.3. The highest BCUT2D eigenvalue weighted by atomic mass is 16.3. The van der Waals surface area contributed by atoms with Crippen LogP contribution < -0.4 is 9.80 Å². The van der Waals surface area contributed by atoms with Crippen molar-refractivity contribution in [3.63, 3.8) is 0 Å². The minimum atomic E-state index is -1.09. The number of nitriles is 1. The fourth-order valence-corrected chi connectivity index (χ4v) is 4.55. The van der Waals surface area contributed by atoms with E-state index in [0.717, 1.165) is 16.9 Å². The maximum atomic E-state index is 13.4. The van der Waals surface area contributed by atoms with Gasteiger partial charge in [-0.2, -0.15) is 10.4 Å². The Hall–Kier alpha value is -3.83. The minimum Gasteiger partial charge on any atom is -0.382 e. The molecule has 2 aliphatic rings. The number of para-hydroxylation sites is 2. The van der Waals surface area contributed by atoms with Crippen LogP contribution in [0.3, 0.4) is 0 Å². The number of carbonyl (C=O) groups is 1. The summed E-state index contributed by atoms with van der Waals surface area (Å²) in [7, 11) is 0. The second kappa shape index (κ2) is 8.02. The molecule has 2 N–H and O–H groups in total. The van der Waals surface area contributed by atoms with Crippen LogP contribution in [0.5, 0.6) is 0 Å². The summed E-state index contributed by atoms with van der Waals surface area (Å²) >= 11 is 0. The lowest BCUT2D eigenvalue weighted by molar-refractivity contribution is 0.0453. The molecule has 0 saturated carbocycles. The summed E-state index contributed by atoms with van der Waals surface area (Å²) in [4.78, 5) is 19.2. The van der Waals surface area contributed by atoms with Crippen molar-refractivity contribution >= 4 is 17.4 Å². The molecule has 2 amide bonds. The third-order valence-electron chi connectivity index (χ3n) is 6.31. The minimum absolute atomic E-state index is 0.0917. The van der Waals surface area contributed by atoms with Crippen molar-refractivity contribution in [3.8, 4) is 6.07 Å². The van der Waals surface area contributed by atoms with Gasteiger partial charge in [-0.1, -0.05) is 24.3 Å². The lowest BCUT2D eigenvalue weighted by atomic mass is 9.99. The van der Waals surface area contributed by atoms with Gasteiger partial charge in [0.25, 0.3) is 0 Å². The van der Waals surface area contributed by atoms with E-state index in [4.69, 9.17) is 5.26 Å². The molecular formula is C24H24N6O2. The van der Waals surface area contributed by atoms with Gasteiger partial charge < -0.3 is 14.9 Å². The summed E-state index contributed by atoms with van der Waals surface area (Å²) in [6.45, 7) is 2.68. The van der Waals surface area contributed by atoms with Crippen molar-refractivity contribution in [3.05, 3.63) is 77.6 Å². The quantitative estimate of drug-likeness (QED) is 0.668. The number of hydrogen-bond donors (Lipinski definition) is 2. The van der Waals surface area contributed by atoms with Crippen molar-refractivity contribution in [1.29, 1.82) is 5.26 Å². The fraction of sp³-hybridized carbons (Fsp3) is 0.292. The van der Waals surface area contributed by atoms with Crippen molar-refractivity contribution in [2.45, 2.75) is 18.6 Å². The maximum absolute atomic E-state index is 13.4. The lowest BCUT2D eigenvalue weighted by Crippen LogP contribution is -2.49. The van der Waals surface area contributed by atoms with Gasteiger partial charge in [-0.25, -0.2) is 4.79 Å². The molecule has 1 atom stereocenters. The summed E-state index contributed by atoms with van der Waals surface area (Å²) in [5.74, 6) is 0. The van der Waals surface area contributed by atoms with Crippen LogP contribution in [0, 0.1) is 11.3 Å². The number of amides is 2. The van der Waals surface area contributed by atoms with E-state index in [-0.39, 0.29) is 12.6 Å². The normalized spacial score (nSPS) is 20.2. The first kappa shape index (κ1) is 20.1. The molecule has 2 aromatic carbocycles. The van der Waals surface area contributed by atoms with E-state index >= 15 is 0 Å². The number of anilines is 2. The Kier molecular flexibility index (Phi) is 5.04. The maximum Gasteiger partial charge on any atom is 0.324 e. The Bertz CT molecular complexity index is 1150. The number of aliphatic hydroxyl groups is 1. The van der Waals surface area contributed by atoms with Gasteiger partial charge in [-0.15, -0.1) is 0 Å². The number of hydrogen-bond acceptors (Lipinski definition) is 5. The van der Waals surface area contributed by atoms with E-state index in [1.165, 1.54) is 0 Å². The Morgan fingerprint density at radius 1 is 1.09 bits per heavy atom. The van der Waals surface area contributed by atoms with Crippen LogP contribution >= 0.6 is 0 Å². The van der Waals surface area contributed by atoms with Crippen molar-refractivity contribution in [1.82, 2.24) is 15.1 Å². The van der Waals surface area contributed by atoms with Gasteiger partial charge in [0.15, 0.2) is 0 Å². The number of urea groups is 1. The zero-order valence-electron chi connectivity index (χ0n) is 17.6. The average molecular weight is 428 g/mol. The number of aromatic nitrogens is 2. The van der Waals surface area contributed by atoms with E-state index in [1.807, 2.05) is 53.4 Å². The molecule has 1 aromatic heterocycles. The van der Waals surface area contributed by atoms with Crippen LogP contribution in [0.4, 0.5) is 16.2 Å². The fourth-order valence-electron chi connectivity index (χ4n) is 4.55. The van der Waals surface area contributed by atoms with Crippen molar-refractivity contribution in [2.75, 3.05) is 36.0 Å². The van der Waals surface area contributed by atoms with Gasteiger partial charge in [0.05, 0.1) is 35.2 Å². The second-order valence-electron chi connectivity index (χ2n) is 8.33. The first-order valence-electron chi connectivity index (χ1n) is 10.7. The number of rotatable bonds is 3. The monoisotopic (exact) mass is 428 g/mol. The molecule has 8 heteroatoms. The zero-order chi connectivity index (χ0) is 22.1. The number of nitrogens with one attached hydrogen (secondary N) is 1. The molecule has 3 aromatic rings. The van der Waals surface area contributed by atoms with Crippen LogP contribution in [0.25, 0.3) is 0 Å². The van der Waals surface area contributed by atoms with E-state index < -0.39 is 5.60 Å². The summed E-state index contributed by atoms with van der Waals surface area (Å²) in [6.07, 6.45) is 2.09. The number of fused-ring (bicyclic) bond motifs is 1. The summed E-state index contributed by atoms with van der Waals surface area (Å²) < 4.78 is 0. The Morgan fingerprint density at radius 3 is 2.59 bits per heavy atom. The number of likely N-dealkylation sites (tertiary alicyclic amines) is 1. The average Bonchev–Trinajstić information content (AvgIpc) is 3.51. The van der Waals surface area contributed by atoms with Gasteiger partial charge in [0, 0.05) is 38.8 Å². The first-order valence-corrected chi connectivity index (χ1v) is 10.7. The molecule has 1 saturated heterocycles. The van der Waals surface area contributed by atoms with E-state index in [2.05, 4.69) is 21.2 Å². The van der Waals surface area contributed by atoms with E-state index in [1.54, 1.807) is 17.2 Å². The molecule has 0 aliphatic carbocycles. The molecule has 32 heavy (non-hydrogen) atoms. The second-order valence-corrected chi connectivity index (χ2v) is 8.33. The Balaban J connectivity index is 1.34. The van der Waals surface area contributed by atoms with Crippen LogP contribution in [0.1, 0.15) is 23.2 Å². The Labute approximate surface area is 186 Å². The van der Waals surface area contributed by atoms with Gasteiger partial charge in [-0.05, 0) is 35.9 Å². The van der Waals surface area contributed by atoms with Gasteiger partial charge in [-0.3, -0.25) is 10.00 Å². The van der Waals surface area contributed by atoms with Gasteiger partial charge in [0.2, 0.25) is 0 Å². The standard InChI is InChI=1S/C24H24N6O2/c25-15-18-5-7-19(8-6-18)16-28-13-14-30(21-4-2-1-3-20(21)28)23(31)29-12-10-24(32,17-29)22-9-11-26-27-22/h1-9,11,32H,10,12-14,16-17H2,(H,26,27). The first-order chi connectivity index (χ1) is 15.6. The molecule has 5 rings (SSSR count). The number of H-pyrrole nitrogens is 1. The molecule has 0 radical (unpaired) electrons. The van der Waals surface area contributed by atoms with Crippen molar-refractivity contribution < 1.29 is 9.90 Å². The molecule has 8 nitrogen and oxygen atoms in total. The zero-order valence-corrected chi connectivity index (χ0v) is 17.6. The predicted octanol–water partition coefficient (Wildman–Crippen LogP) is 2.82. The van der Waals surface area contributed by atoms with E-state index in [0.29, 0.717) is 43.9 Å². The number of carbonyl (C=O) groups excluding carboxylic acids is 1. The smallest absolute Gasteiger partial charge is 0.324 e. The highest BCUT2D eigenvalue weighted by molar-refractivity contribution is 5.97. The van der Waals surface area contributed by atoms with E-state index in [9.17, 15) is 9.90 Å². The highest BCUT2D eigenvalue weighted by Crippen LogP contribution is 2.36. The number of β-amino-alcohol motifs (C(OH)–C–C–N with tert-alkyl or cyclic N) is 1. The van der Waals surface area contributed by atoms with Crippen molar-refractivity contribution in [2.24, 2.45) is 0 Å². The van der Waals surface area contributed by atoms with Crippen LogP contribution in [-0.2, 0) is 12.1 Å². The Morgan fingerprint density at radius 2 is 1.88 bits per heavy atom. The third-order valence-corrected chi connectivity index (χ3v) is 6.31. The van der Waals surface area contributed by atoms with Crippen LogP contribution in [0.2, 0.25) is 0 Å². The van der Waals surface area contributed by atoms with Gasteiger partial charge in [0.1, 0.15) is 5.60 Å². The number of aromatic amines is 1. The molecule has 3 heterocycles. The predicted molar refractivity (Wildman–Crippen MR) is 120 cm³/mol. The highest BCUT2D eigenvalue weighted by Gasteiger charge is 2.42. The number of benzene rings is 2. The number of nitrogens with zero attached hydrogens (tertiary/aromatic N) is 5. The molecule has 2 aliphatic heterocycles. The summed E-state index contributed by atoms with van der Waals surface area (Å²) in [5, 5.41) is 26.8. The molecule has 0 spiro atoms. The lowest BCUT2D eigenvalue weighted by Gasteiger charge is -2.39. The third kappa shape index (κ3) is 3.57. The molecular weight excluding hydrogens is 404 g/mol. The largest absolute Gasteiger partial charge is 0.382 e. The SMILES string of the molecule is N#Cc1ccc(CN2CCN(C(=O)N3CCC(O)(c4ccn[nH]4)C3)c3ccccc32)cc1. The van der Waals surface area contributed by atoms with Crippen LogP contribution in [0.15, 0.2) is 60.8 Å². The summed E-state index contributed by atoms with van der Waals surface area (Å²) in [5.41, 5.74) is 3.17. The van der Waals surface area contributed by atoms with Crippen LogP contribution in [-0.4, -0.2) is 52.4 Å².